The molecule has 2 nitrogen and oxygen atoms in total. The zero-order valence-corrected chi connectivity index (χ0v) is 18.5. The van der Waals surface area contributed by atoms with Crippen LogP contribution in [-0.2, 0) is 4.79 Å². The number of amides is 1. The van der Waals surface area contributed by atoms with Crippen LogP contribution in [0.5, 0.6) is 0 Å². The first-order chi connectivity index (χ1) is 14.1. The summed E-state index contributed by atoms with van der Waals surface area (Å²) in [4.78, 5) is 12.0. The number of halogens is 2. The third kappa shape index (κ3) is 6.65. The highest BCUT2D eigenvalue weighted by atomic mass is 19.2. The largest absolute Gasteiger partial charge is 0.320 e. The lowest BCUT2D eigenvalue weighted by Crippen LogP contribution is -2.19. The van der Waals surface area contributed by atoms with Crippen LogP contribution in [0, 0.1) is 17.0 Å². The zero-order valence-electron chi connectivity index (χ0n) is 18.5. The predicted molar refractivity (Wildman–Crippen MR) is 121 cm³/mol. The summed E-state index contributed by atoms with van der Waals surface area (Å²) in [5.74, 6) is -2.57. The summed E-state index contributed by atoms with van der Waals surface area (Å²) in [6.45, 7) is 10.6. The van der Waals surface area contributed by atoms with Gasteiger partial charge in [0, 0.05) is 6.08 Å². The number of hydrogen-bond acceptors (Lipinski definition) is 1. The van der Waals surface area contributed by atoms with Crippen LogP contribution in [-0.4, -0.2) is 5.91 Å². The van der Waals surface area contributed by atoms with E-state index in [4.69, 9.17) is 0 Å². The standard InChI is InChI=1S/C26H31F2NO/c1-18(14-15-21-20(3)11-8-16-26(21,4)5)9-6-10-19(2)17-24(30)29-23-13-7-12-22(27)25(23)28/h6-7,9-10,12-15,17H,8,11,16H2,1-5H3,(H,29,30)/b10-6+,15-14+,18-9+,19-17+. The number of rotatable bonds is 6. The molecule has 0 spiro atoms. The molecular formula is C26H31F2NO. The van der Waals surface area contributed by atoms with Crippen molar-refractivity contribution in [3.63, 3.8) is 0 Å². The number of hydrogen-bond donors (Lipinski definition) is 1. The summed E-state index contributed by atoms with van der Waals surface area (Å²) < 4.78 is 26.8. The maximum absolute atomic E-state index is 13.6. The fraction of sp³-hybridized carbons (Fsp3) is 0.346. The SMILES string of the molecule is CC1=C(/C=C/C(C)=C/C=C/C(C)=C/C(=O)Nc2cccc(F)c2F)C(C)(C)CCC1. The van der Waals surface area contributed by atoms with Gasteiger partial charge in [-0.25, -0.2) is 8.78 Å². The second-order valence-electron chi connectivity index (χ2n) is 8.51. The van der Waals surface area contributed by atoms with Crippen LogP contribution in [0.1, 0.15) is 53.9 Å². The number of allylic oxidation sites excluding steroid dienone is 9. The highest BCUT2D eigenvalue weighted by Crippen LogP contribution is 2.40. The Hall–Kier alpha value is -2.75. The lowest BCUT2D eigenvalue weighted by Gasteiger charge is -2.32. The van der Waals surface area contributed by atoms with Crippen LogP contribution < -0.4 is 5.32 Å². The van der Waals surface area contributed by atoms with Gasteiger partial charge in [-0.1, -0.05) is 61.4 Å². The predicted octanol–water partition coefficient (Wildman–Crippen LogP) is 7.43. The number of carbonyl (C=O) groups is 1. The first-order valence-electron chi connectivity index (χ1n) is 10.3. The number of benzene rings is 1. The van der Waals surface area contributed by atoms with Crippen LogP contribution in [0.2, 0.25) is 0 Å². The molecule has 0 saturated carbocycles. The number of carbonyl (C=O) groups excluding carboxylic acids is 1. The molecular weight excluding hydrogens is 380 g/mol. The Morgan fingerprint density at radius 2 is 1.87 bits per heavy atom. The number of nitrogens with one attached hydrogen (secondary N) is 1. The molecule has 1 aromatic carbocycles. The van der Waals surface area contributed by atoms with Gasteiger partial charge in [-0.05, 0) is 68.7 Å². The van der Waals surface area contributed by atoms with Crippen LogP contribution in [0.25, 0.3) is 0 Å². The monoisotopic (exact) mass is 411 g/mol. The van der Waals surface area contributed by atoms with Crippen molar-refractivity contribution in [1.29, 1.82) is 0 Å². The van der Waals surface area contributed by atoms with Crippen molar-refractivity contribution >= 4 is 11.6 Å². The smallest absolute Gasteiger partial charge is 0.248 e. The molecule has 1 amide bonds. The number of anilines is 1. The fourth-order valence-electron chi connectivity index (χ4n) is 3.66. The molecule has 0 aliphatic heterocycles. The second kappa shape index (κ2) is 10.3. The summed E-state index contributed by atoms with van der Waals surface area (Å²) in [6, 6.07) is 3.67. The summed E-state index contributed by atoms with van der Waals surface area (Å²) in [7, 11) is 0. The van der Waals surface area contributed by atoms with Crippen LogP contribution in [0.15, 0.2) is 76.9 Å². The summed E-state index contributed by atoms with van der Waals surface area (Å²) in [6.07, 6.45) is 15.0. The summed E-state index contributed by atoms with van der Waals surface area (Å²) in [5.41, 5.74) is 4.72. The Morgan fingerprint density at radius 1 is 1.13 bits per heavy atom. The van der Waals surface area contributed by atoms with Crippen LogP contribution >= 0.6 is 0 Å². The minimum Gasteiger partial charge on any atom is -0.320 e. The Kier molecular flexibility index (Phi) is 8.10. The van der Waals surface area contributed by atoms with Gasteiger partial charge >= 0.3 is 0 Å². The van der Waals surface area contributed by atoms with Crippen molar-refractivity contribution in [3.8, 4) is 0 Å². The Balaban J connectivity index is 1.99. The molecule has 1 aromatic rings. The van der Waals surface area contributed by atoms with Gasteiger partial charge in [0.2, 0.25) is 5.91 Å². The molecule has 4 heteroatoms. The van der Waals surface area contributed by atoms with Gasteiger partial charge in [-0.3, -0.25) is 4.79 Å². The van der Waals surface area contributed by atoms with E-state index in [1.165, 1.54) is 42.2 Å². The van der Waals surface area contributed by atoms with Gasteiger partial charge in [0.1, 0.15) is 0 Å². The van der Waals surface area contributed by atoms with Gasteiger partial charge in [-0.2, -0.15) is 0 Å². The molecule has 1 aliphatic carbocycles. The highest BCUT2D eigenvalue weighted by molar-refractivity contribution is 6.00. The molecule has 0 heterocycles. The molecule has 0 bridgehead atoms. The van der Waals surface area contributed by atoms with Crippen molar-refractivity contribution in [2.45, 2.75) is 53.9 Å². The quantitative estimate of drug-likeness (QED) is 0.383. The van der Waals surface area contributed by atoms with Crippen molar-refractivity contribution in [3.05, 3.63) is 88.6 Å². The first-order valence-corrected chi connectivity index (χ1v) is 10.3. The topological polar surface area (TPSA) is 29.1 Å². The average molecular weight is 412 g/mol. The summed E-state index contributed by atoms with van der Waals surface area (Å²) >= 11 is 0. The van der Waals surface area contributed by atoms with E-state index in [1.807, 2.05) is 19.1 Å². The van der Waals surface area contributed by atoms with Crippen molar-refractivity contribution in [2.75, 3.05) is 5.32 Å². The van der Waals surface area contributed by atoms with Crippen molar-refractivity contribution in [2.24, 2.45) is 5.41 Å². The van der Waals surface area contributed by atoms with Gasteiger partial charge in [0.25, 0.3) is 0 Å². The molecule has 0 aromatic heterocycles. The molecule has 160 valence electrons. The Bertz CT molecular complexity index is 946. The van der Waals surface area contributed by atoms with Crippen molar-refractivity contribution < 1.29 is 13.6 Å². The van der Waals surface area contributed by atoms with E-state index in [9.17, 15) is 13.6 Å². The van der Waals surface area contributed by atoms with Gasteiger partial charge in [-0.15, -0.1) is 0 Å². The third-order valence-electron chi connectivity index (χ3n) is 5.34. The highest BCUT2D eigenvalue weighted by Gasteiger charge is 2.26. The lowest BCUT2D eigenvalue weighted by atomic mass is 9.72. The van der Waals surface area contributed by atoms with Gasteiger partial charge in [0.15, 0.2) is 11.6 Å². The second-order valence-corrected chi connectivity index (χ2v) is 8.51. The summed E-state index contributed by atoms with van der Waals surface area (Å²) in [5, 5.41) is 2.35. The molecule has 30 heavy (non-hydrogen) atoms. The Morgan fingerprint density at radius 3 is 2.57 bits per heavy atom. The van der Waals surface area contributed by atoms with Gasteiger partial charge in [0.05, 0.1) is 5.69 Å². The Labute approximate surface area is 178 Å². The van der Waals surface area contributed by atoms with E-state index in [0.29, 0.717) is 5.57 Å². The molecule has 1 N–H and O–H groups in total. The minimum atomic E-state index is -1.07. The van der Waals surface area contributed by atoms with Crippen LogP contribution in [0.4, 0.5) is 14.5 Å². The maximum atomic E-state index is 13.6. The normalized spacial score (nSPS) is 17.8. The fourth-order valence-corrected chi connectivity index (χ4v) is 3.66. The first kappa shape index (κ1) is 23.5. The zero-order chi connectivity index (χ0) is 22.3. The van der Waals surface area contributed by atoms with E-state index >= 15 is 0 Å². The van der Waals surface area contributed by atoms with Crippen molar-refractivity contribution in [1.82, 2.24) is 0 Å². The third-order valence-corrected chi connectivity index (χ3v) is 5.34. The molecule has 1 aliphatic rings. The van der Waals surface area contributed by atoms with E-state index in [1.54, 1.807) is 13.0 Å². The molecule has 0 fully saturated rings. The average Bonchev–Trinajstić information content (AvgIpc) is 2.64. The lowest BCUT2D eigenvalue weighted by molar-refractivity contribution is -0.112. The molecule has 0 radical (unpaired) electrons. The molecule has 0 unspecified atom stereocenters. The maximum Gasteiger partial charge on any atom is 0.248 e. The van der Waals surface area contributed by atoms with E-state index in [2.05, 4.69) is 38.2 Å². The molecule has 0 saturated heterocycles. The van der Waals surface area contributed by atoms with Gasteiger partial charge < -0.3 is 5.32 Å². The van der Waals surface area contributed by atoms with E-state index in [0.717, 1.165) is 18.1 Å². The van der Waals surface area contributed by atoms with E-state index in [-0.39, 0.29) is 11.1 Å². The molecule has 0 atom stereocenters. The van der Waals surface area contributed by atoms with E-state index < -0.39 is 17.5 Å². The van der Waals surface area contributed by atoms with Crippen LogP contribution in [0.3, 0.4) is 0 Å². The molecule has 2 rings (SSSR count). The minimum absolute atomic E-state index is 0.177.